The van der Waals surface area contributed by atoms with E-state index in [1.54, 1.807) is 7.11 Å². The molecule has 1 rings (SSSR count). The minimum absolute atomic E-state index is 0.567. The molecule has 0 atom stereocenters. The summed E-state index contributed by atoms with van der Waals surface area (Å²) in [6.07, 6.45) is 0. The number of rotatable bonds is 1. The number of benzene rings is 1. The summed E-state index contributed by atoms with van der Waals surface area (Å²) in [7, 11) is 1.65. The topological polar surface area (TPSA) is 9.23 Å². The summed E-state index contributed by atoms with van der Waals surface area (Å²) in [5.41, 5.74) is 2.11. The molecule has 0 heterocycles. The van der Waals surface area contributed by atoms with Gasteiger partial charge in [0.1, 0.15) is 5.75 Å². The Bertz CT molecular complexity index is 347. The maximum atomic E-state index is 5.17. The van der Waals surface area contributed by atoms with Crippen LogP contribution in [0.5, 0.6) is 5.75 Å². The summed E-state index contributed by atoms with van der Waals surface area (Å²) in [6.45, 7) is 2.03. The van der Waals surface area contributed by atoms with Gasteiger partial charge in [-0.25, -0.2) is 0 Å². The average molecular weight is 192 g/mol. The third-order valence-corrected chi connectivity index (χ3v) is 1.82. The molecule has 0 amide bonds. The SMILES string of the molecule is COc1ccc(C)cc1C#CCS. The van der Waals surface area contributed by atoms with Crippen LogP contribution in [-0.4, -0.2) is 12.9 Å². The molecule has 68 valence electrons. The van der Waals surface area contributed by atoms with Crippen molar-refractivity contribution in [1.29, 1.82) is 0 Å². The van der Waals surface area contributed by atoms with Crippen LogP contribution in [-0.2, 0) is 0 Å². The molecule has 0 fully saturated rings. The fraction of sp³-hybridized carbons (Fsp3) is 0.273. The first-order valence-electron chi connectivity index (χ1n) is 4.02. The second-order valence-electron chi connectivity index (χ2n) is 2.66. The standard InChI is InChI=1S/C11H12OS/c1-9-5-6-11(12-2)10(8-9)4-3-7-13/h5-6,8,13H,7H2,1-2H3. The fourth-order valence-electron chi connectivity index (χ4n) is 1.05. The summed E-state index contributed by atoms with van der Waals surface area (Å²) >= 11 is 4.03. The maximum Gasteiger partial charge on any atom is 0.134 e. The molecular formula is C11H12OS. The molecule has 0 unspecified atom stereocenters. The molecule has 13 heavy (non-hydrogen) atoms. The van der Waals surface area contributed by atoms with Crippen molar-refractivity contribution in [2.45, 2.75) is 6.92 Å². The molecular weight excluding hydrogens is 180 g/mol. The van der Waals surface area contributed by atoms with E-state index < -0.39 is 0 Å². The third kappa shape index (κ3) is 2.71. The summed E-state index contributed by atoms with van der Waals surface area (Å²) in [5, 5.41) is 0. The Balaban J connectivity index is 3.08. The Morgan fingerprint density at radius 2 is 2.23 bits per heavy atom. The number of hydrogen-bond donors (Lipinski definition) is 1. The summed E-state index contributed by atoms with van der Waals surface area (Å²) in [6, 6.07) is 5.94. The highest BCUT2D eigenvalue weighted by Crippen LogP contribution is 2.17. The highest BCUT2D eigenvalue weighted by atomic mass is 32.1. The van der Waals surface area contributed by atoms with Crippen LogP contribution in [0.15, 0.2) is 18.2 Å². The fourth-order valence-corrected chi connectivity index (χ4v) is 1.13. The smallest absolute Gasteiger partial charge is 0.134 e. The van der Waals surface area contributed by atoms with Crippen LogP contribution in [0, 0.1) is 18.8 Å². The molecule has 0 aliphatic rings. The zero-order valence-corrected chi connectivity index (χ0v) is 8.69. The minimum atomic E-state index is 0.567. The van der Waals surface area contributed by atoms with Crippen molar-refractivity contribution in [2.24, 2.45) is 0 Å². The van der Waals surface area contributed by atoms with E-state index in [1.165, 1.54) is 5.56 Å². The Labute approximate surface area is 84.5 Å². The molecule has 0 aliphatic carbocycles. The number of hydrogen-bond acceptors (Lipinski definition) is 2. The van der Waals surface area contributed by atoms with E-state index in [0.717, 1.165) is 11.3 Å². The monoisotopic (exact) mass is 192 g/mol. The van der Waals surface area contributed by atoms with Gasteiger partial charge in [-0.15, -0.1) is 0 Å². The van der Waals surface area contributed by atoms with Crippen LogP contribution in [0.4, 0.5) is 0 Å². The van der Waals surface area contributed by atoms with Crippen molar-refractivity contribution in [3.8, 4) is 17.6 Å². The van der Waals surface area contributed by atoms with Gasteiger partial charge in [0, 0.05) is 0 Å². The van der Waals surface area contributed by atoms with E-state index in [2.05, 4.69) is 24.5 Å². The number of aryl methyl sites for hydroxylation is 1. The van der Waals surface area contributed by atoms with Gasteiger partial charge in [-0.1, -0.05) is 17.9 Å². The Morgan fingerprint density at radius 1 is 1.46 bits per heavy atom. The van der Waals surface area contributed by atoms with Crippen LogP contribution in [0.1, 0.15) is 11.1 Å². The second kappa shape index (κ2) is 4.84. The lowest BCUT2D eigenvalue weighted by Crippen LogP contribution is -1.88. The lowest BCUT2D eigenvalue weighted by atomic mass is 10.1. The van der Waals surface area contributed by atoms with Crippen LogP contribution in [0.2, 0.25) is 0 Å². The Kier molecular flexibility index (Phi) is 3.72. The molecule has 0 aromatic heterocycles. The highest BCUT2D eigenvalue weighted by molar-refractivity contribution is 7.80. The van der Waals surface area contributed by atoms with E-state index in [0.29, 0.717) is 5.75 Å². The predicted octanol–water partition coefficient (Wildman–Crippen LogP) is 2.28. The van der Waals surface area contributed by atoms with Crippen molar-refractivity contribution in [3.63, 3.8) is 0 Å². The zero-order valence-electron chi connectivity index (χ0n) is 7.79. The molecule has 1 aromatic carbocycles. The van der Waals surface area contributed by atoms with E-state index in [-0.39, 0.29) is 0 Å². The normalized spacial score (nSPS) is 8.85. The number of ether oxygens (including phenoxy) is 1. The van der Waals surface area contributed by atoms with Gasteiger partial charge in [-0.3, -0.25) is 0 Å². The van der Waals surface area contributed by atoms with Gasteiger partial charge in [0.05, 0.1) is 18.4 Å². The summed E-state index contributed by atoms with van der Waals surface area (Å²) in [4.78, 5) is 0. The average Bonchev–Trinajstić information content (AvgIpc) is 2.15. The van der Waals surface area contributed by atoms with E-state index in [4.69, 9.17) is 4.74 Å². The third-order valence-electron chi connectivity index (χ3n) is 1.66. The zero-order chi connectivity index (χ0) is 9.68. The van der Waals surface area contributed by atoms with Gasteiger partial charge < -0.3 is 4.74 Å². The maximum absolute atomic E-state index is 5.17. The first kappa shape index (κ1) is 10.0. The number of methoxy groups -OCH3 is 1. The molecule has 0 saturated heterocycles. The largest absolute Gasteiger partial charge is 0.495 e. The van der Waals surface area contributed by atoms with Crippen LogP contribution >= 0.6 is 12.6 Å². The van der Waals surface area contributed by atoms with Gasteiger partial charge >= 0.3 is 0 Å². The predicted molar refractivity (Wildman–Crippen MR) is 58.5 cm³/mol. The molecule has 0 bridgehead atoms. The van der Waals surface area contributed by atoms with Gasteiger partial charge in [0.25, 0.3) is 0 Å². The van der Waals surface area contributed by atoms with Crippen molar-refractivity contribution in [1.82, 2.24) is 0 Å². The first-order valence-corrected chi connectivity index (χ1v) is 4.65. The molecule has 2 heteroatoms. The van der Waals surface area contributed by atoms with Gasteiger partial charge in [0.15, 0.2) is 0 Å². The van der Waals surface area contributed by atoms with Crippen molar-refractivity contribution >= 4 is 12.6 Å². The van der Waals surface area contributed by atoms with E-state index in [9.17, 15) is 0 Å². The van der Waals surface area contributed by atoms with Crippen molar-refractivity contribution < 1.29 is 4.74 Å². The van der Waals surface area contributed by atoms with E-state index in [1.807, 2.05) is 25.1 Å². The number of thiol groups is 1. The van der Waals surface area contributed by atoms with Gasteiger partial charge in [-0.2, -0.15) is 12.6 Å². The van der Waals surface area contributed by atoms with E-state index >= 15 is 0 Å². The molecule has 0 spiro atoms. The Morgan fingerprint density at radius 3 is 2.85 bits per heavy atom. The first-order chi connectivity index (χ1) is 6.27. The van der Waals surface area contributed by atoms with Crippen LogP contribution in [0.25, 0.3) is 0 Å². The summed E-state index contributed by atoms with van der Waals surface area (Å²) in [5.74, 6) is 7.29. The quantitative estimate of drug-likeness (QED) is 0.530. The summed E-state index contributed by atoms with van der Waals surface area (Å²) < 4.78 is 5.17. The Hall–Kier alpha value is -1.07. The molecule has 0 radical (unpaired) electrons. The molecule has 0 saturated carbocycles. The van der Waals surface area contributed by atoms with Gasteiger partial charge in [-0.05, 0) is 24.6 Å². The van der Waals surface area contributed by atoms with Crippen LogP contribution < -0.4 is 4.74 Å². The van der Waals surface area contributed by atoms with Crippen molar-refractivity contribution in [2.75, 3.05) is 12.9 Å². The lowest BCUT2D eigenvalue weighted by Gasteiger charge is -2.03. The van der Waals surface area contributed by atoms with Crippen LogP contribution in [0.3, 0.4) is 0 Å². The van der Waals surface area contributed by atoms with Crippen molar-refractivity contribution in [3.05, 3.63) is 29.3 Å². The highest BCUT2D eigenvalue weighted by Gasteiger charge is 1.98. The minimum Gasteiger partial charge on any atom is -0.495 e. The lowest BCUT2D eigenvalue weighted by molar-refractivity contribution is 0.413. The van der Waals surface area contributed by atoms with Gasteiger partial charge in [0.2, 0.25) is 0 Å². The molecule has 1 aromatic rings. The molecule has 0 N–H and O–H groups in total. The second-order valence-corrected chi connectivity index (χ2v) is 2.98. The molecule has 1 nitrogen and oxygen atoms in total. The molecule has 0 aliphatic heterocycles.